The smallest absolute Gasteiger partial charge is 0.0433 e. The van der Waals surface area contributed by atoms with Crippen LogP contribution in [-0.4, -0.2) is 4.90 Å². The van der Waals surface area contributed by atoms with Crippen LogP contribution in [-0.2, 0) is 13.1 Å². The van der Waals surface area contributed by atoms with Crippen molar-refractivity contribution in [2.45, 2.75) is 46.2 Å². The van der Waals surface area contributed by atoms with Crippen molar-refractivity contribution in [2.75, 3.05) is 0 Å². The van der Waals surface area contributed by atoms with Gasteiger partial charge in [-0.1, -0.05) is 93.1 Å². The van der Waals surface area contributed by atoms with Crippen molar-refractivity contribution in [3.8, 4) is 0 Å². The van der Waals surface area contributed by atoms with Crippen molar-refractivity contribution >= 4 is 0 Å². The molecule has 24 heavy (non-hydrogen) atoms. The second kappa shape index (κ2) is 10.5. The summed E-state index contributed by atoms with van der Waals surface area (Å²) in [4.78, 5) is 2.46. The van der Waals surface area contributed by atoms with Gasteiger partial charge in [0, 0.05) is 18.8 Å². The molecule has 0 aliphatic heterocycles. The highest BCUT2D eigenvalue weighted by Gasteiger charge is 2.10. The van der Waals surface area contributed by atoms with E-state index in [1.165, 1.54) is 23.2 Å². The fourth-order valence-corrected chi connectivity index (χ4v) is 2.68. The minimum absolute atomic E-state index is 0.950. The van der Waals surface area contributed by atoms with Crippen LogP contribution in [0.4, 0.5) is 0 Å². The number of allylic oxidation sites excluding steroid dienone is 3. The molecular formula is C23H29N. The van der Waals surface area contributed by atoms with Crippen LogP contribution in [0.15, 0.2) is 84.6 Å². The van der Waals surface area contributed by atoms with Gasteiger partial charge < -0.3 is 4.90 Å². The van der Waals surface area contributed by atoms with Crippen molar-refractivity contribution in [2.24, 2.45) is 0 Å². The van der Waals surface area contributed by atoms with Crippen molar-refractivity contribution in [3.63, 3.8) is 0 Å². The molecule has 1 aliphatic rings. The molecule has 0 amide bonds. The zero-order chi connectivity index (χ0) is 17.0. The summed E-state index contributed by atoms with van der Waals surface area (Å²) < 4.78 is 0. The van der Waals surface area contributed by atoms with Gasteiger partial charge in [-0.25, -0.2) is 0 Å². The lowest BCUT2D eigenvalue weighted by Gasteiger charge is -2.27. The summed E-state index contributed by atoms with van der Waals surface area (Å²) >= 11 is 0. The number of rotatable bonds is 5. The minimum Gasteiger partial charge on any atom is -0.363 e. The molecule has 3 rings (SSSR count). The molecule has 0 fully saturated rings. The standard InChI is InChI=1S/C20H21N.C3H8/c1-4-10-18(11-5-1)16-21(20-14-8-3-9-15-20)17-19-12-6-2-7-13-19;1-3-2/h1-2,4-8,10-15H,3,9,16-17H2;3H2,1-2H3. The van der Waals surface area contributed by atoms with E-state index in [1.807, 2.05) is 0 Å². The lowest BCUT2D eigenvalue weighted by Crippen LogP contribution is -2.22. The van der Waals surface area contributed by atoms with E-state index in [-0.39, 0.29) is 0 Å². The van der Waals surface area contributed by atoms with E-state index < -0.39 is 0 Å². The van der Waals surface area contributed by atoms with E-state index >= 15 is 0 Å². The van der Waals surface area contributed by atoms with Gasteiger partial charge in [-0.2, -0.15) is 0 Å². The van der Waals surface area contributed by atoms with Gasteiger partial charge in [-0.15, -0.1) is 0 Å². The van der Waals surface area contributed by atoms with Crippen LogP contribution in [0.1, 0.15) is 44.2 Å². The second-order valence-electron chi connectivity index (χ2n) is 6.14. The fourth-order valence-electron chi connectivity index (χ4n) is 2.68. The molecule has 1 nitrogen and oxygen atoms in total. The third-order valence-corrected chi connectivity index (χ3v) is 3.77. The third-order valence-electron chi connectivity index (χ3n) is 3.77. The summed E-state index contributed by atoms with van der Waals surface area (Å²) in [5.74, 6) is 0. The molecule has 2 aromatic carbocycles. The summed E-state index contributed by atoms with van der Waals surface area (Å²) in [6, 6.07) is 21.4. The maximum atomic E-state index is 2.46. The molecule has 1 aliphatic carbocycles. The third kappa shape index (κ3) is 6.08. The minimum atomic E-state index is 0.950. The van der Waals surface area contributed by atoms with Gasteiger partial charge in [0.15, 0.2) is 0 Å². The molecule has 2 aromatic rings. The van der Waals surface area contributed by atoms with Crippen LogP contribution < -0.4 is 0 Å². The van der Waals surface area contributed by atoms with Crippen molar-refractivity contribution in [3.05, 3.63) is 95.7 Å². The zero-order valence-corrected chi connectivity index (χ0v) is 15.0. The molecule has 1 heteroatoms. The highest BCUT2D eigenvalue weighted by atomic mass is 15.1. The van der Waals surface area contributed by atoms with E-state index in [9.17, 15) is 0 Å². The average molecular weight is 319 g/mol. The lowest BCUT2D eigenvalue weighted by atomic mass is 10.1. The Bertz CT molecular complexity index is 584. The molecule has 126 valence electrons. The summed E-state index contributed by atoms with van der Waals surface area (Å²) in [5.41, 5.74) is 4.05. The summed E-state index contributed by atoms with van der Waals surface area (Å²) in [6.07, 6.45) is 10.4. The SMILES string of the molecule is C1=CC(N(Cc2ccccc2)Cc2ccccc2)=CCC1.CCC. The van der Waals surface area contributed by atoms with Crippen LogP contribution >= 0.6 is 0 Å². The number of hydrogen-bond donors (Lipinski definition) is 0. The van der Waals surface area contributed by atoms with Gasteiger partial charge in [0.05, 0.1) is 0 Å². The molecule has 0 spiro atoms. The van der Waals surface area contributed by atoms with Crippen LogP contribution in [0, 0.1) is 0 Å². The Balaban J connectivity index is 0.000000647. The van der Waals surface area contributed by atoms with Crippen LogP contribution in [0.2, 0.25) is 0 Å². The predicted octanol–water partition coefficient (Wildman–Crippen LogP) is 6.34. The van der Waals surface area contributed by atoms with E-state index in [0.717, 1.165) is 25.9 Å². The van der Waals surface area contributed by atoms with Crippen LogP contribution in [0.5, 0.6) is 0 Å². The molecule has 0 atom stereocenters. The Labute approximate surface area is 147 Å². The van der Waals surface area contributed by atoms with Crippen molar-refractivity contribution in [1.82, 2.24) is 4.90 Å². The summed E-state index contributed by atoms with van der Waals surface area (Å²) in [7, 11) is 0. The maximum Gasteiger partial charge on any atom is 0.0433 e. The molecule has 0 unspecified atom stereocenters. The molecule has 0 N–H and O–H groups in total. The molecule has 0 bridgehead atoms. The first-order valence-corrected chi connectivity index (χ1v) is 9.03. The first-order valence-electron chi connectivity index (χ1n) is 9.03. The first-order chi connectivity index (χ1) is 11.8. The van der Waals surface area contributed by atoms with E-state index in [2.05, 4.69) is 97.6 Å². The number of hydrogen-bond acceptors (Lipinski definition) is 1. The molecule has 0 radical (unpaired) electrons. The van der Waals surface area contributed by atoms with Crippen LogP contribution in [0.3, 0.4) is 0 Å². The Morgan fingerprint density at radius 3 is 1.67 bits per heavy atom. The molecule has 0 saturated carbocycles. The van der Waals surface area contributed by atoms with E-state index in [0.29, 0.717) is 0 Å². The van der Waals surface area contributed by atoms with Gasteiger partial charge in [0.2, 0.25) is 0 Å². The van der Waals surface area contributed by atoms with Gasteiger partial charge in [-0.3, -0.25) is 0 Å². The summed E-state index contributed by atoms with van der Waals surface area (Å²) in [6.45, 7) is 6.15. The highest BCUT2D eigenvalue weighted by Crippen LogP contribution is 2.20. The van der Waals surface area contributed by atoms with Crippen molar-refractivity contribution in [1.29, 1.82) is 0 Å². The average Bonchev–Trinajstić information content (AvgIpc) is 2.64. The predicted molar refractivity (Wildman–Crippen MR) is 105 cm³/mol. The normalized spacial score (nSPS) is 12.8. The lowest BCUT2D eigenvalue weighted by molar-refractivity contribution is 0.337. The first kappa shape index (κ1) is 18.1. The van der Waals surface area contributed by atoms with E-state index in [4.69, 9.17) is 0 Å². The van der Waals surface area contributed by atoms with Crippen LogP contribution in [0.25, 0.3) is 0 Å². The number of benzene rings is 2. The Morgan fingerprint density at radius 1 is 0.750 bits per heavy atom. The van der Waals surface area contributed by atoms with E-state index in [1.54, 1.807) is 0 Å². The fraction of sp³-hybridized carbons (Fsp3) is 0.304. The molecule has 0 saturated heterocycles. The largest absolute Gasteiger partial charge is 0.363 e. The van der Waals surface area contributed by atoms with Gasteiger partial charge >= 0.3 is 0 Å². The quantitative estimate of drug-likeness (QED) is 0.621. The second-order valence-corrected chi connectivity index (χ2v) is 6.14. The molecular weight excluding hydrogens is 290 g/mol. The molecule has 0 heterocycles. The van der Waals surface area contributed by atoms with Gasteiger partial charge in [0.1, 0.15) is 0 Å². The monoisotopic (exact) mass is 319 g/mol. The highest BCUT2D eigenvalue weighted by molar-refractivity contribution is 5.25. The maximum absolute atomic E-state index is 2.46. The Morgan fingerprint density at radius 2 is 1.25 bits per heavy atom. The molecule has 0 aromatic heterocycles. The Kier molecular flexibility index (Phi) is 7.89. The number of nitrogens with zero attached hydrogens (tertiary/aromatic N) is 1. The Hall–Kier alpha value is -2.28. The zero-order valence-electron chi connectivity index (χ0n) is 15.0. The van der Waals surface area contributed by atoms with Gasteiger partial charge in [-0.05, 0) is 30.0 Å². The van der Waals surface area contributed by atoms with Crippen molar-refractivity contribution < 1.29 is 0 Å². The topological polar surface area (TPSA) is 3.24 Å². The van der Waals surface area contributed by atoms with Gasteiger partial charge in [0.25, 0.3) is 0 Å². The summed E-state index contributed by atoms with van der Waals surface area (Å²) in [5, 5.41) is 0.